The largest absolute Gasteiger partial charge is 0.369 e. The molecule has 2 nitrogen and oxygen atoms in total. The van der Waals surface area contributed by atoms with E-state index in [1.165, 1.54) is 0 Å². The number of rotatable bonds is 2. The van der Waals surface area contributed by atoms with Crippen molar-refractivity contribution in [3.8, 4) is 0 Å². The first-order valence-corrected chi connectivity index (χ1v) is 5.82. The molecule has 1 saturated heterocycles. The van der Waals surface area contributed by atoms with Crippen LogP contribution >= 0.6 is 23.2 Å². The normalized spacial score (nSPS) is 20.6. The van der Waals surface area contributed by atoms with Gasteiger partial charge in [-0.2, -0.15) is 0 Å². The second kappa shape index (κ2) is 4.60. The molecule has 4 heteroatoms. The lowest BCUT2D eigenvalue weighted by Crippen LogP contribution is -2.33. The average molecular weight is 245 g/mol. The van der Waals surface area contributed by atoms with Gasteiger partial charge in [0.25, 0.3) is 0 Å². The molecule has 15 heavy (non-hydrogen) atoms. The molecule has 0 radical (unpaired) electrons. The van der Waals surface area contributed by atoms with Crippen molar-refractivity contribution in [3.05, 3.63) is 28.2 Å². The minimum absolute atomic E-state index is 0.531. The van der Waals surface area contributed by atoms with Gasteiger partial charge in [0.2, 0.25) is 0 Å². The summed E-state index contributed by atoms with van der Waals surface area (Å²) < 4.78 is 0. The Kier molecular flexibility index (Phi) is 3.39. The van der Waals surface area contributed by atoms with Crippen LogP contribution in [0.2, 0.25) is 10.0 Å². The van der Waals surface area contributed by atoms with E-state index >= 15 is 0 Å². The van der Waals surface area contributed by atoms with E-state index in [-0.39, 0.29) is 0 Å². The molecule has 0 aromatic heterocycles. The van der Waals surface area contributed by atoms with Gasteiger partial charge in [0.05, 0.1) is 10.7 Å². The van der Waals surface area contributed by atoms with E-state index in [0.29, 0.717) is 11.1 Å². The lowest BCUT2D eigenvalue weighted by Gasteiger charge is -2.26. The Morgan fingerprint density at radius 3 is 2.80 bits per heavy atom. The number of anilines is 1. The van der Waals surface area contributed by atoms with Gasteiger partial charge in [-0.3, -0.25) is 0 Å². The van der Waals surface area contributed by atoms with E-state index in [9.17, 15) is 0 Å². The van der Waals surface area contributed by atoms with Crippen molar-refractivity contribution in [3.63, 3.8) is 0 Å². The van der Waals surface area contributed by atoms with Crippen molar-refractivity contribution < 1.29 is 0 Å². The van der Waals surface area contributed by atoms with Crippen LogP contribution in [0.4, 0.5) is 5.69 Å². The highest BCUT2D eigenvalue weighted by Gasteiger charge is 2.20. The van der Waals surface area contributed by atoms with Gasteiger partial charge in [-0.25, -0.2) is 0 Å². The quantitative estimate of drug-likeness (QED) is 0.861. The summed E-state index contributed by atoms with van der Waals surface area (Å²) in [4.78, 5) is 2.22. The first kappa shape index (κ1) is 11.1. The Labute approximate surface area is 100 Å². The highest BCUT2D eigenvalue weighted by molar-refractivity contribution is 6.36. The number of hydrogen-bond donors (Lipinski definition) is 1. The van der Waals surface area contributed by atoms with E-state index in [1.54, 1.807) is 6.07 Å². The lowest BCUT2D eigenvalue weighted by atomic mass is 10.2. The Morgan fingerprint density at radius 1 is 1.40 bits per heavy atom. The fourth-order valence-electron chi connectivity index (χ4n) is 1.93. The maximum Gasteiger partial charge on any atom is 0.0654 e. The number of hydrogen-bond acceptors (Lipinski definition) is 2. The average Bonchev–Trinajstić information content (AvgIpc) is 2.69. The second-order valence-electron chi connectivity index (χ2n) is 3.85. The summed E-state index contributed by atoms with van der Waals surface area (Å²) in [5.41, 5.74) is 1.05. The molecular weight excluding hydrogens is 231 g/mol. The van der Waals surface area contributed by atoms with E-state index in [1.807, 2.05) is 12.1 Å². The van der Waals surface area contributed by atoms with E-state index in [0.717, 1.165) is 30.2 Å². The molecule has 0 spiro atoms. The summed E-state index contributed by atoms with van der Waals surface area (Å²) >= 11 is 12.0. The Bertz CT molecular complexity index is 348. The van der Waals surface area contributed by atoms with Crippen LogP contribution in [0, 0.1) is 0 Å². The van der Waals surface area contributed by atoms with Gasteiger partial charge in [0, 0.05) is 24.7 Å². The Morgan fingerprint density at radius 2 is 2.20 bits per heavy atom. The summed E-state index contributed by atoms with van der Waals surface area (Å²) in [6.07, 6.45) is 1.16. The monoisotopic (exact) mass is 244 g/mol. The van der Waals surface area contributed by atoms with Crippen LogP contribution in [0.1, 0.15) is 6.42 Å². The topological polar surface area (TPSA) is 15.3 Å². The van der Waals surface area contributed by atoms with Gasteiger partial charge in [0.15, 0.2) is 0 Å². The Balaban J connectivity index is 2.20. The van der Waals surface area contributed by atoms with Gasteiger partial charge >= 0.3 is 0 Å². The Hall–Kier alpha value is -0.440. The summed E-state index contributed by atoms with van der Waals surface area (Å²) in [5.74, 6) is 0. The maximum absolute atomic E-state index is 6.16. The summed E-state index contributed by atoms with van der Waals surface area (Å²) in [7, 11) is 2.08. The summed E-state index contributed by atoms with van der Waals surface area (Å²) in [6.45, 7) is 2.11. The zero-order valence-corrected chi connectivity index (χ0v) is 10.1. The predicted octanol–water partition coefficient (Wildman–Crippen LogP) is 2.79. The fourth-order valence-corrected chi connectivity index (χ4v) is 2.48. The van der Waals surface area contributed by atoms with Crippen LogP contribution in [0.5, 0.6) is 0 Å². The van der Waals surface area contributed by atoms with Crippen molar-refractivity contribution in [2.75, 3.05) is 25.0 Å². The zero-order chi connectivity index (χ0) is 10.8. The van der Waals surface area contributed by atoms with Crippen LogP contribution in [0.3, 0.4) is 0 Å². The van der Waals surface area contributed by atoms with Crippen molar-refractivity contribution >= 4 is 28.9 Å². The van der Waals surface area contributed by atoms with Crippen molar-refractivity contribution in [1.82, 2.24) is 5.32 Å². The van der Waals surface area contributed by atoms with Crippen LogP contribution in [0.15, 0.2) is 18.2 Å². The molecule has 1 atom stereocenters. The first-order valence-electron chi connectivity index (χ1n) is 5.07. The standard InChI is InChI=1S/C11H14Cl2N2/c1-15(9-4-5-14-7-9)11-3-2-8(12)6-10(11)13/h2-3,6,9,14H,4-5,7H2,1H3. The molecule has 0 bridgehead atoms. The molecule has 0 saturated carbocycles. The van der Waals surface area contributed by atoms with Crippen LogP contribution in [0.25, 0.3) is 0 Å². The molecule has 1 fully saturated rings. The number of likely N-dealkylation sites (N-methyl/N-ethyl adjacent to an activating group) is 1. The molecular formula is C11H14Cl2N2. The third-order valence-electron chi connectivity index (χ3n) is 2.87. The SMILES string of the molecule is CN(c1ccc(Cl)cc1Cl)C1CCNC1. The van der Waals surface area contributed by atoms with Gasteiger partial charge in [0.1, 0.15) is 0 Å². The molecule has 0 aliphatic carbocycles. The van der Waals surface area contributed by atoms with Gasteiger partial charge < -0.3 is 10.2 Å². The molecule has 1 aliphatic rings. The highest BCUT2D eigenvalue weighted by atomic mass is 35.5. The molecule has 2 rings (SSSR count). The minimum Gasteiger partial charge on any atom is -0.369 e. The smallest absolute Gasteiger partial charge is 0.0654 e. The zero-order valence-electron chi connectivity index (χ0n) is 8.63. The van der Waals surface area contributed by atoms with Gasteiger partial charge in [-0.1, -0.05) is 23.2 Å². The predicted molar refractivity (Wildman–Crippen MR) is 66.1 cm³/mol. The molecule has 1 aromatic carbocycles. The highest BCUT2D eigenvalue weighted by Crippen LogP contribution is 2.29. The van der Waals surface area contributed by atoms with Crippen LogP contribution in [-0.2, 0) is 0 Å². The van der Waals surface area contributed by atoms with E-state index in [4.69, 9.17) is 23.2 Å². The van der Waals surface area contributed by atoms with E-state index in [2.05, 4.69) is 17.3 Å². The summed E-state index contributed by atoms with van der Waals surface area (Å²) in [6, 6.07) is 6.17. The maximum atomic E-state index is 6.16. The van der Waals surface area contributed by atoms with E-state index < -0.39 is 0 Å². The molecule has 82 valence electrons. The van der Waals surface area contributed by atoms with Crippen molar-refractivity contribution in [2.24, 2.45) is 0 Å². The minimum atomic E-state index is 0.531. The molecule has 0 amide bonds. The lowest BCUT2D eigenvalue weighted by molar-refractivity contribution is 0.686. The fraction of sp³-hybridized carbons (Fsp3) is 0.455. The van der Waals surface area contributed by atoms with Crippen molar-refractivity contribution in [1.29, 1.82) is 0 Å². The third kappa shape index (κ3) is 2.39. The molecule has 1 N–H and O–H groups in total. The number of benzene rings is 1. The molecule has 1 aliphatic heterocycles. The molecule has 1 heterocycles. The van der Waals surface area contributed by atoms with Crippen LogP contribution in [-0.4, -0.2) is 26.2 Å². The number of nitrogens with one attached hydrogen (secondary N) is 1. The number of nitrogens with zero attached hydrogens (tertiary/aromatic N) is 1. The first-order chi connectivity index (χ1) is 7.18. The third-order valence-corrected chi connectivity index (χ3v) is 3.41. The second-order valence-corrected chi connectivity index (χ2v) is 4.70. The number of halogens is 2. The molecule has 1 aromatic rings. The van der Waals surface area contributed by atoms with Crippen molar-refractivity contribution in [2.45, 2.75) is 12.5 Å². The van der Waals surface area contributed by atoms with Crippen LogP contribution < -0.4 is 10.2 Å². The molecule has 1 unspecified atom stereocenters. The van der Waals surface area contributed by atoms with Gasteiger partial charge in [-0.05, 0) is 31.2 Å². The van der Waals surface area contributed by atoms with Gasteiger partial charge in [-0.15, -0.1) is 0 Å². The summed E-state index contributed by atoms with van der Waals surface area (Å²) in [5, 5.41) is 4.74.